The van der Waals surface area contributed by atoms with Crippen molar-refractivity contribution in [3.8, 4) is 0 Å². The van der Waals surface area contributed by atoms with Gasteiger partial charge in [-0.15, -0.1) is 0 Å². The topological polar surface area (TPSA) is 74.3 Å². The highest BCUT2D eigenvalue weighted by Crippen LogP contribution is 2.26. The summed E-state index contributed by atoms with van der Waals surface area (Å²) in [5.74, 6) is 1.49. The predicted octanol–water partition coefficient (Wildman–Crippen LogP) is 1.26. The molecule has 0 spiro atoms. The smallest absolute Gasteiger partial charge is 0.256 e. The number of fused-ring (bicyclic) bond motifs is 1. The molecule has 8 heteroatoms. The molecule has 0 atom stereocenters. The second-order valence-corrected chi connectivity index (χ2v) is 7.03. The molecule has 0 bridgehead atoms. The van der Waals surface area contributed by atoms with E-state index in [1.807, 2.05) is 11.0 Å². The molecule has 1 N–H and O–H groups in total. The van der Waals surface area contributed by atoms with Gasteiger partial charge in [-0.05, 0) is 12.1 Å². The molecule has 2 aliphatic heterocycles. The first-order valence-corrected chi connectivity index (χ1v) is 9.35. The first-order chi connectivity index (χ1) is 12.7. The third kappa shape index (κ3) is 3.75. The molecule has 2 aliphatic rings. The minimum absolute atomic E-state index is 0.0521. The summed E-state index contributed by atoms with van der Waals surface area (Å²) in [7, 11) is 0. The third-order valence-electron chi connectivity index (χ3n) is 4.92. The fraction of sp³-hybridized carbons (Fsp3) is 0.500. The first-order valence-electron chi connectivity index (χ1n) is 8.97. The molecule has 2 aromatic rings. The van der Waals surface area contributed by atoms with Crippen molar-refractivity contribution in [3.05, 3.63) is 50.8 Å². The van der Waals surface area contributed by atoms with E-state index in [1.54, 1.807) is 12.3 Å². The molecule has 0 amide bonds. The first kappa shape index (κ1) is 17.5. The number of ether oxygens (including phenoxy) is 1. The van der Waals surface area contributed by atoms with E-state index in [-0.39, 0.29) is 5.56 Å². The summed E-state index contributed by atoms with van der Waals surface area (Å²) in [5, 5.41) is 0.600. The van der Waals surface area contributed by atoms with Crippen molar-refractivity contribution in [1.29, 1.82) is 0 Å². The van der Waals surface area contributed by atoms with Gasteiger partial charge in [0.15, 0.2) is 0 Å². The summed E-state index contributed by atoms with van der Waals surface area (Å²) >= 11 is 6.25. The van der Waals surface area contributed by atoms with Gasteiger partial charge in [-0.25, -0.2) is 9.97 Å². The van der Waals surface area contributed by atoms with E-state index < -0.39 is 0 Å². The van der Waals surface area contributed by atoms with Gasteiger partial charge in [0.25, 0.3) is 5.56 Å². The molecule has 0 unspecified atom stereocenters. The molecule has 0 aromatic carbocycles. The normalized spacial score (nSPS) is 18.0. The lowest BCUT2D eigenvalue weighted by Crippen LogP contribution is -2.39. The van der Waals surface area contributed by atoms with Gasteiger partial charge in [0.1, 0.15) is 11.6 Å². The zero-order valence-corrected chi connectivity index (χ0v) is 15.3. The van der Waals surface area contributed by atoms with Crippen LogP contribution in [0.2, 0.25) is 5.02 Å². The van der Waals surface area contributed by atoms with Gasteiger partial charge in [0.2, 0.25) is 0 Å². The van der Waals surface area contributed by atoms with Crippen molar-refractivity contribution in [2.45, 2.75) is 19.4 Å². The lowest BCUT2D eigenvalue weighted by atomic mass is 10.1. The molecule has 0 radical (unpaired) electrons. The molecule has 26 heavy (non-hydrogen) atoms. The molecule has 7 nitrogen and oxygen atoms in total. The molecule has 4 rings (SSSR count). The molecule has 0 aliphatic carbocycles. The SMILES string of the molecule is O=c1[nH]c(CCN2CCOCC2)nc2c1CN(c1ncccc1Cl)CC2. The third-order valence-corrected chi connectivity index (χ3v) is 5.22. The highest BCUT2D eigenvalue weighted by Gasteiger charge is 2.23. The van der Waals surface area contributed by atoms with Crippen LogP contribution < -0.4 is 10.5 Å². The summed E-state index contributed by atoms with van der Waals surface area (Å²) < 4.78 is 5.37. The van der Waals surface area contributed by atoms with Crippen LogP contribution >= 0.6 is 11.6 Å². The monoisotopic (exact) mass is 375 g/mol. The molecule has 0 saturated carbocycles. The molecule has 1 saturated heterocycles. The van der Waals surface area contributed by atoms with Crippen molar-refractivity contribution < 1.29 is 4.74 Å². The number of pyridine rings is 1. The Balaban J connectivity index is 1.48. The van der Waals surface area contributed by atoms with Gasteiger partial charge in [-0.1, -0.05) is 11.6 Å². The van der Waals surface area contributed by atoms with Crippen molar-refractivity contribution in [2.75, 3.05) is 44.3 Å². The van der Waals surface area contributed by atoms with Crippen molar-refractivity contribution in [1.82, 2.24) is 19.9 Å². The quantitative estimate of drug-likeness (QED) is 0.867. The summed E-state index contributed by atoms with van der Waals surface area (Å²) in [6.45, 7) is 5.56. The second kappa shape index (κ2) is 7.73. The largest absolute Gasteiger partial charge is 0.379 e. The maximum Gasteiger partial charge on any atom is 0.256 e. The van der Waals surface area contributed by atoms with Crippen LogP contribution in [-0.4, -0.2) is 59.2 Å². The molecular formula is C18H22ClN5O2. The highest BCUT2D eigenvalue weighted by atomic mass is 35.5. The Bertz CT molecular complexity index is 835. The number of morpholine rings is 1. The number of aromatic amines is 1. The van der Waals surface area contributed by atoms with Gasteiger partial charge in [0, 0.05) is 45.2 Å². The Morgan fingerprint density at radius 1 is 1.27 bits per heavy atom. The number of aromatic nitrogens is 3. The second-order valence-electron chi connectivity index (χ2n) is 6.62. The Kier molecular flexibility index (Phi) is 5.19. The zero-order valence-electron chi connectivity index (χ0n) is 14.6. The minimum Gasteiger partial charge on any atom is -0.379 e. The van der Waals surface area contributed by atoms with Gasteiger partial charge >= 0.3 is 0 Å². The summed E-state index contributed by atoms with van der Waals surface area (Å²) in [4.78, 5) is 29.0. The molecule has 1 fully saturated rings. The van der Waals surface area contributed by atoms with Crippen LogP contribution in [0.1, 0.15) is 17.1 Å². The minimum atomic E-state index is -0.0521. The van der Waals surface area contributed by atoms with E-state index in [0.29, 0.717) is 17.1 Å². The van der Waals surface area contributed by atoms with Crippen LogP contribution in [-0.2, 0) is 24.1 Å². The molecule has 138 valence electrons. The van der Waals surface area contributed by atoms with Crippen LogP contribution in [0.4, 0.5) is 5.82 Å². The summed E-state index contributed by atoms with van der Waals surface area (Å²) in [6.07, 6.45) is 3.18. The summed E-state index contributed by atoms with van der Waals surface area (Å²) in [5.41, 5.74) is 1.56. The van der Waals surface area contributed by atoms with Gasteiger partial charge < -0.3 is 14.6 Å². The standard InChI is InChI=1S/C18H22ClN5O2/c19-14-2-1-5-20-17(14)24-7-3-15-13(12-24)18(25)22-16(21-15)4-6-23-8-10-26-11-9-23/h1-2,5H,3-4,6-12H2,(H,21,22,25). The summed E-state index contributed by atoms with van der Waals surface area (Å²) in [6, 6.07) is 3.62. The number of halogens is 1. The van der Waals surface area contributed by atoms with Gasteiger partial charge in [0.05, 0.1) is 36.0 Å². The number of nitrogens with one attached hydrogen (secondary N) is 1. The molecule has 4 heterocycles. The van der Waals surface area contributed by atoms with Crippen LogP contribution in [0.15, 0.2) is 23.1 Å². The van der Waals surface area contributed by atoms with E-state index in [9.17, 15) is 4.79 Å². The number of hydrogen-bond acceptors (Lipinski definition) is 6. The molecular weight excluding hydrogens is 354 g/mol. The van der Waals surface area contributed by atoms with E-state index in [1.165, 1.54) is 0 Å². The lowest BCUT2D eigenvalue weighted by Gasteiger charge is -2.29. The number of hydrogen-bond donors (Lipinski definition) is 1. The van der Waals surface area contributed by atoms with Gasteiger partial charge in [-0.3, -0.25) is 9.69 Å². The van der Waals surface area contributed by atoms with Crippen LogP contribution in [0.3, 0.4) is 0 Å². The Hall–Kier alpha value is -1.96. The van der Waals surface area contributed by atoms with Crippen LogP contribution in [0.5, 0.6) is 0 Å². The van der Waals surface area contributed by atoms with Crippen molar-refractivity contribution in [3.63, 3.8) is 0 Å². The van der Waals surface area contributed by atoms with Crippen molar-refractivity contribution >= 4 is 17.4 Å². The van der Waals surface area contributed by atoms with E-state index in [2.05, 4.69) is 14.9 Å². The average molecular weight is 376 g/mol. The van der Waals surface area contributed by atoms with Gasteiger partial charge in [-0.2, -0.15) is 0 Å². The Labute approximate surface area is 157 Å². The number of rotatable bonds is 4. The maximum absolute atomic E-state index is 12.6. The zero-order chi connectivity index (χ0) is 17.9. The number of H-pyrrole nitrogens is 1. The van der Waals surface area contributed by atoms with Crippen LogP contribution in [0, 0.1) is 0 Å². The number of nitrogens with zero attached hydrogens (tertiary/aromatic N) is 4. The van der Waals surface area contributed by atoms with Crippen LogP contribution in [0.25, 0.3) is 0 Å². The van der Waals surface area contributed by atoms with E-state index in [0.717, 1.165) is 69.6 Å². The van der Waals surface area contributed by atoms with Crippen molar-refractivity contribution in [2.24, 2.45) is 0 Å². The van der Waals surface area contributed by atoms with E-state index in [4.69, 9.17) is 21.3 Å². The Morgan fingerprint density at radius 3 is 2.92 bits per heavy atom. The van der Waals surface area contributed by atoms with E-state index >= 15 is 0 Å². The fourth-order valence-electron chi connectivity index (χ4n) is 3.47. The average Bonchev–Trinajstić information content (AvgIpc) is 2.67. The lowest BCUT2D eigenvalue weighted by molar-refractivity contribution is 0.0382. The number of anilines is 1. The molecule has 2 aromatic heterocycles. The fourth-order valence-corrected chi connectivity index (χ4v) is 3.72. The predicted molar refractivity (Wildman–Crippen MR) is 99.8 cm³/mol. The Morgan fingerprint density at radius 2 is 2.12 bits per heavy atom. The highest BCUT2D eigenvalue weighted by molar-refractivity contribution is 6.32. The maximum atomic E-state index is 12.6.